The molecule has 4 N–H and O–H groups in total. The van der Waals surface area contributed by atoms with E-state index >= 15 is 0 Å². The molecule has 0 aliphatic carbocycles. The smallest absolute Gasteiger partial charge is 0.312 e. The summed E-state index contributed by atoms with van der Waals surface area (Å²) in [6.07, 6.45) is 1.96. The van der Waals surface area contributed by atoms with Gasteiger partial charge < -0.3 is 20.9 Å². The first kappa shape index (κ1) is 13.8. The molecule has 1 saturated heterocycles. The number of benzene rings is 1. The molecule has 5 nitrogen and oxygen atoms in total. The lowest BCUT2D eigenvalue weighted by Crippen LogP contribution is -2.52. The number of hydrogen-bond acceptors (Lipinski definition) is 2. The van der Waals surface area contributed by atoms with Crippen molar-refractivity contribution >= 4 is 22.8 Å². The molecule has 1 aromatic heterocycles. The van der Waals surface area contributed by atoms with E-state index in [2.05, 4.69) is 46.4 Å². The number of primary amides is 1. The van der Waals surface area contributed by atoms with Crippen molar-refractivity contribution in [3.63, 3.8) is 0 Å². The van der Waals surface area contributed by atoms with E-state index in [1.165, 1.54) is 5.39 Å². The number of fused-ring (bicyclic) bond motifs is 1. The summed E-state index contributed by atoms with van der Waals surface area (Å²) in [5.74, 6) is 1.59. The van der Waals surface area contributed by atoms with Gasteiger partial charge in [0, 0.05) is 30.0 Å². The molecule has 2 aromatic rings. The molecule has 0 spiro atoms. The van der Waals surface area contributed by atoms with E-state index in [9.17, 15) is 4.79 Å². The zero-order chi connectivity index (χ0) is 14.8. The second kappa shape index (κ2) is 5.68. The fourth-order valence-corrected chi connectivity index (χ4v) is 3.27. The van der Waals surface area contributed by atoms with Gasteiger partial charge in [0.1, 0.15) is 5.82 Å². The maximum absolute atomic E-state index is 11.1. The Morgan fingerprint density at radius 3 is 3.00 bits per heavy atom. The number of rotatable bonds is 3. The lowest BCUT2D eigenvalue weighted by atomic mass is 9.90. The first-order valence-corrected chi connectivity index (χ1v) is 7.56. The van der Waals surface area contributed by atoms with Crippen molar-refractivity contribution in [3.05, 3.63) is 30.3 Å². The number of amides is 2. The minimum atomic E-state index is -0.419. The van der Waals surface area contributed by atoms with Crippen LogP contribution in [0.4, 0.5) is 10.6 Å². The number of aromatic amines is 1. The number of anilines is 1. The number of hydrogen-bond donors (Lipinski definition) is 3. The number of aromatic nitrogens is 1. The minimum absolute atomic E-state index is 0.188. The van der Waals surface area contributed by atoms with Gasteiger partial charge in [-0.05, 0) is 30.9 Å². The van der Waals surface area contributed by atoms with Crippen LogP contribution in [0.3, 0.4) is 0 Å². The highest BCUT2D eigenvalue weighted by Crippen LogP contribution is 2.27. The Kier molecular flexibility index (Phi) is 3.73. The Morgan fingerprint density at radius 2 is 2.29 bits per heavy atom. The Bertz CT molecular complexity index is 603. The van der Waals surface area contributed by atoms with Crippen LogP contribution < -0.4 is 16.0 Å². The zero-order valence-corrected chi connectivity index (χ0v) is 12.3. The van der Waals surface area contributed by atoms with Gasteiger partial charge in [-0.1, -0.05) is 25.1 Å². The van der Waals surface area contributed by atoms with E-state index in [0.717, 1.165) is 37.3 Å². The van der Waals surface area contributed by atoms with Crippen LogP contribution in [0.2, 0.25) is 0 Å². The predicted octanol–water partition coefficient (Wildman–Crippen LogP) is 2.44. The third-order valence-electron chi connectivity index (χ3n) is 4.44. The van der Waals surface area contributed by atoms with Crippen LogP contribution in [0.15, 0.2) is 30.3 Å². The van der Waals surface area contributed by atoms with Crippen LogP contribution in [0.25, 0.3) is 10.9 Å². The van der Waals surface area contributed by atoms with Gasteiger partial charge in [0.15, 0.2) is 0 Å². The van der Waals surface area contributed by atoms with Crippen LogP contribution >= 0.6 is 0 Å². The van der Waals surface area contributed by atoms with E-state index in [1.807, 2.05) is 6.07 Å². The van der Waals surface area contributed by atoms with Crippen LogP contribution in [0.5, 0.6) is 0 Å². The number of urea groups is 1. The Morgan fingerprint density at radius 1 is 1.48 bits per heavy atom. The van der Waals surface area contributed by atoms with Crippen molar-refractivity contribution in [2.75, 3.05) is 18.0 Å². The van der Waals surface area contributed by atoms with Crippen molar-refractivity contribution in [2.24, 2.45) is 11.7 Å². The molecular weight excluding hydrogens is 264 g/mol. The topological polar surface area (TPSA) is 74.2 Å². The monoisotopic (exact) mass is 286 g/mol. The van der Waals surface area contributed by atoms with Gasteiger partial charge in [-0.2, -0.15) is 0 Å². The van der Waals surface area contributed by atoms with Crippen molar-refractivity contribution in [3.8, 4) is 0 Å². The Labute approximate surface area is 124 Å². The molecule has 21 heavy (non-hydrogen) atoms. The maximum Gasteiger partial charge on any atom is 0.312 e. The quantitative estimate of drug-likeness (QED) is 0.810. The molecule has 112 valence electrons. The minimum Gasteiger partial charge on any atom is -0.358 e. The lowest BCUT2D eigenvalue weighted by molar-refractivity contribution is 0.232. The van der Waals surface area contributed by atoms with Gasteiger partial charge in [-0.25, -0.2) is 4.79 Å². The summed E-state index contributed by atoms with van der Waals surface area (Å²) in [6, 6.07) is 10.3. The number of piperidine rings is 1. The molecule has 2 atom stereocenters. The summed E-state index contributed by atoms with van der Waals surface area (Å²) in [5.41, 5.74) is 6.43. The zero-order valence-electron chi connectivity index (χ0n) is 12.3. The fourth-order valence-electron chi connectivity index (χ4n) is 3.27. The SMILES string of the molecule is CCC1CN(c2cc3ccccc3[nH]2)CCC1NC(N)=O. The Balaban J connectivity index is 1.76. The van der Waals surface area contributed by atoms with Gasteiger partial charge in [0.2, 0.25) is 0 Å². The highest BCUT2D eigenvalue weighted by atomic mass is 16.2. The highest BCUT2D eigenvalue weighted by Gasteiger charge is 2.29. The molecule has 2 unspecified atom stereocenters. The lowest BCUT2D eigenvalue weighted by Gasteiger charge is -2.38. The van der Waals surface area contributed by atoms with Crippen molar-refractivity contribution in [2.45, 2.75) is 25.8 Å². The molecule has 2 heterocycles. The summed E-state index contributed by atoms with van der Waals surface area (Å²) in [7, 11) is 0. The van der Waals surface area contributed by atoms with Gasteiger partial charge in [-0.15, -0.1) is 0 Å². The van der Waals surface area contributed by atoms with E-state index in [0.29, 0.717) is 5.92 Å². The number of nitrogens with one attached hydrogen (secondary N) is 2. The predicted molar refractivity (Wildman–Crippen MR) is 85.4 cm³/mol. The third kappa shape index (κ3) is 2.82. The number of para-hydroxylation sites is 1. The molecule has 1 aliphatic rings. The number of nitrogens with zero attached hydrogens (tertiary/aromatic N) is 1. The highest BCUT2D eigenvalue weighted by molar-refractivity contribution is 5.84. The van der Waals surface area contributed by atoms with E-state index < -0.39 is 6.03 Å². The van der Waals surface area contributed by atoms with Crippen molar-refractivity contribution in [1.82, 2.24) is 10.3 Å². The molecule has 1 aliphatic heterocycles. The maximum atomic E-state index is 11.1. The molecule has 2 amide bonds. The van der Waals surface area contributed by atoms with E-state index in [4.69, 9.17) is 5.73 Å². The van der Waals surface area contributed by atoms with Gasteiger partial charge >= 0.3 is 6.03 Å². The number of nitrogens with two attached hydrogens (primary N) is 1. The largest absolute Gasteiger partial charge is 0.358 e. The summed E-state index contributed by atoms with van der Waals surface area (Å²) in [6.45, 7) is 4.03. The fraction of sp³-hybridized carbons (Fsp3) is 0.438. The molecule has 0 bridgehead atoms. The van der Waals surface area contributed by atoms with Crippen molar-refractivity contribution in [1.29, 1.82) is 0 Å². The molecule has 0 radical (unpaired) electrons. The summed E-state index contributed by atoms with van der Waals surface area (Å²) < 4.78 is 0. The molecule has 3 rings (SSSR count). The van der Waals surface area contributed by atoms with E-state index in [1.54, 1.807) is 0 Å². The molecule has 1 aromatic carbocycles. The van der Waals surface area contributed by atoms with Crippen LogP contribution in [-0.2, 0) is 0 Å². The normalized spacial score (nSPS) is 22.4. The average molecular weight is 286 g/mol. The average Bonchev–Trinajstić information content (AvgIpc) is 2.91. The first-order chi connectivity index (χ1) is 10.2. The van der Waals surface area contributed by atoms with E-state index in [-0.39, 0.29) is 6.04 Å². The van der Waals surface area contributed by atoms with Crippen LogP contribution in [-0.4, -0.2) is 30.1 Å². The standard InChI is InChI=1S/C16H22N4O/c1-2-11-10-20(8-7-14(11)19-16(17)21)15-9-12-5-3-4-6-13(12)18-15/h3-6,9,11,14,18H,2,7-8,10H2,1H3,(H3,17,19,21). The summed E-state index contributed by atoms with van der Waals surface area (Å²) in [5, 5.41) is 4.12. The molecule has 5 heteroatoms. The van der Waals surface area contributed by atoms with Crippen LogP contribution in [0.1, 0.15) is 19.8 Å². The number of carbonyl (C=O) groups is 1. The van der Waals surface area contributed by atoms with Gasteiger partial charge in [0.05, 0.1) is 0 Å². The van der Waals surface area contributed by atoms with Crippen LogP contribution in [0, 0.1) is 5.92 Å². The van der Waals surface area contributed by atoms with Gasteiger partial charge in [-0.3, -0.25) is 0 Å². The third-order valence-corrected chi connectivity index (χ3v) is 4.44. The molecule has 0 saturated carbocycles. The Hall–Kier alpha value is -2.17. The van der Waals surface area contributed by atoms with Gasteiger partial charge in [0.25, 0.3) is 0 Å². The second-order valence-electron chi connectivity index (χ2n) is 5.76. The summed E-state index contributed by atoms with van der Waals surface area (Å²) >= 11 is 0. The number of carbonyl (C=O) groups excluding carboxylic acids is 1. The summed E-state index contributed by atoms with van der Waals surface area (Å²) in [4.78, 5) is 16.9. The second-order valence-corrected chi connectivity index (χ2v) is 5.76. The first-order valence-electron chi connectivity index (χ1n) is 7.56. The number of H-pyrrole nitrogens is 1. The molecule has 1 fully saturated rings. The molecular formula is C16H22N4O. The van der Waals surface area contributed by atoms with Crippen molar-refractivity contribution < 1.29 is 4.79 Å².